The number of hydrogen-bond acceptors (Lipinski definition) is 1. The van der Waals surface area contributed by atoms with E-state index in [1.54, 1.807) is 0 Å². The largest absolute Gasteiger partial charge is 0.748 e. The Hall–Kier alpha value is -2.17. The molecule has 1 nitrogen and oxygen atoms in total. The summed E-state index contributed by atoms with van der Waals surface area (Å²) in [4.78, 5) is 0. The zero-order valence-corrected chi connectivity index (χ0v) is 12.4. The molecule has 2 aromatic rings. The molecule has 2 rings (SSSR count). The first-order chi connectivity index (χ1) is 9.35. The van der Waals surface area contributed by atoms with Gasteiger partial charge in [-0.25, -0.2) is 6.42 Å². The molecule has 0 spiro atoms. The van der Waals surface area contributed by atoms with Crippen molar-refractivity contribution in [2.75, 3.05) is 0 Å². The second kappa shape index (κ2) is 16.8. The van der Waals surface area contributed by atoms with Gasteiger partial charge in [0, 0.05) is 29.9 Å². The van der Waals surface area contributed by atoms with E-state index >= 15 is 0 Å². The van der Waals surface area contributed by atoms with E-state index in [0.717, 1.165) is 18.4 Å². The molecule has 0 aliphatic heterocycles. The Bertz CT molecular complexity index is 470. The first-order valence-electron chi connectivity index (χ1n) is 6.00. The number of nitrogens with zero attached hydrogens (tertiary/aromatic N) is 1. The SMILES string of the molecule is C#CCCCC#N.C#C[c-]1cccc1.[Fe].[cH-]1[cH-][cH-][cH-][cH-]1. The van der Waals surface area contributed by atoms with Gasteiger partial charge in [0.25, 0.3) is 0 Å². The number of rotatable bonds is 2. The Labute approximate surface area is 132 Å². The van der Waals surface area contributed by atoms with Crippen LogP contribution in [0.15, 0.2) is 54.6 Å². The van der Waals surface area contributed by atoms with E-state index in [4.69, 9.17) is 18.1 Å². The van der Waals surface area contributed by atoms with E-state index in [-0.39, 0.29) is 17.1 Å². The molecule has 0 saturated carbocycles. The molecule has 2 heteroatoms. The Morgan fingerprint density at radius 1 is 0.950 bits per heavy atom. The number of terminal acetylenes is 2. The summed E-state index contributed by atoms with van der Waals surface area (Å²) >= 11 is 0. The molecule has 108 valence electrons. The Balaban J connectivity index is 0. The molecule has 0 aliphatic rings. The summed E-state index contributed by atoms with van der Waals surface area (Å²) in [5.74, 6) is 4.96. The van der Waals surface area contributed by atoms with Gasteiger partial charge < -0.3 is 30.3 Å². The average molecular weight is 303 g/mol. The summed E-state index contributed by atoms with van der Waals surface area (Å²) < 4.78 is 0. The van der Waals surface area contributed by atoms with Crippen LogP contribution in [0.5, 0.6) is 0 Å². The summed E-state index contributed by atoms with van der Waals surface area (Å²) in [5.41, 5.74) is 0.958. The van der Waals surface area contributed by atoms with Gasteiger partial charge in [0.1, 0.15) is 0 Å². The maximum absolute atomic E-state index is 7.97. The molecular formula is C18H17FeN-6. The van der Waals surface area contributed by atoms with Crippen LogP contribution in [0.2, 0.25) is 0 Å². The fourth-order valence-corrected chi connectivity index (χ4v) is 1.06. The van der Waals surface area contributed by atoms with Crippen LogP contribution in [0.25, 0.3) is 0 Å². The van der Waals surface area contributed by atoms with E-state index in [9.17, 15) is 0 Å². The van der Waals surface area contributed by atoms with Crippen molar-refractivity contribution in [3.8, 4) is 30.8 Å². The molecule has 0 heterocycles. The first kappa shape index (κ1) is 20.2. The van der Waals surface area contributed by atoms with E-state index < -0.39 is 0 Å². The third-order valence-corrected chi connectivity index (χ3v) is 1.99. The monoisotopic (exact) mass is 303 g/mol. The molecule has 0 N–H and O–H groups in total. The summed E-state index contributed by atoms with van der Waals surface area (Å²) in [6, 6.07) is 19.7. The second-order valence-corrected chi connectivity index (χ2v) is 3.50. The minimum absolute atomic E-state index is 0. The van der Waals surface area contributed by atoms with Crippen LogP contribution in [0.1, 0.15) is 24.8 Å². The molecular weight excluding hydrogens is 286 g/mol. The van der Waals surface area contributed by atoms with Crippen molar-refractivity contribution in [3.05, 3.63) is 60.2 Å². The van der Waals surface area contributed by atoms with E-state index in [2.05, 4.69) is 11.8 Å². The third kappa shape index (κ3) is 13.9. The van der Waals surface area contributed by atoms with Crippen molar-refractivity contribution in [1.82, 2.24) is 0 Å². The maximum Gasteiger partial charge on any atom is 0.0622 e. The summed E-state index contributed by atoms with van der Waals surface area (Å²) in [7, 11) is 0. The smallest absolute Gasteiger partial charge is 0.0622 e. The molecule has 0 radical (unpaired) electrons. The van der Waals surface area contributed by atoms with E-state index in [1.165, 1.54) is 0 Å². The van der Waals surface area contributed by atoms with Crippen molar-refractivity contribution in [3.63, 3.8) is 0 Å². The van der Waals surface area contributed by atoms with Crippen LogP contribution in [0.4, 0.5) is 0 Å². The van der Waals surface area contributed by atoms with Gasteiger partial charge in [0.2, 0.25) is 0 Å². The van der Waals surface area contributed by atoms with Crippen LogP contribution >= 0.6 is 0 Å². The molecule has 20 heavy (non-hydrogen) atoms. The number of nitriles is 1. The number of hydrogen-bond donors (Lipinski definition) is 0. The predicted octanol–water partition coefficient (Wildman–Crippen LogP) is 4.10. The number of unbranched alkanes of at least 4 members (excludes halogenated alkanes) is 2. The standard InChI is InChI=1S/C7H5.C6H7N.C5H5.Fe/c1-2-7-5-3-4-6-7;1-2-3-4-5-6-7;1-2-4-5-3-1;/h1,3-6H;1H,3-5H2;1-5H;/q-1;;-5;. The second-order valence-electron chi connectivity index (χ2n) is 3.50. The summed E-state index contributed by atoms with van der Waals surface area (Å²) in [6.07, 6.45) is 12.1. The van der Waals surface area contributed by atoms with Crippen molar-refractivity contribution in [2.45, 2.75) is 19.3 Å². The Kier molecular flexibility index (Phi) is 17.0. The van der Waals surface area contributed by atoms with E-state index in [0.29, 0.717) is 6.42 Å². The van der Waals surface area contributed by atoms with Crippen molar-refractivity contribution in [1.29, 1.82) is 5.26 Å². The first-order valence-corrected chi connectivity index (χ1v) is 6.00. The fourth-order valence-electron chi connectivity index (χ4n) is 1.06. The quantitative estimate of drug-likeness (QED) is 0.354. The normalized spacial score (nSPS) is 7.05. The van der Waals surface area contributed by atoms with Gasteiger partial charge >= 0.3 is 0 Å². The van der Waals surface area contributed by atoms with Gasteiger partial charge in [-0.3, -0.25) is 0 Å². The molecule has 2 aromatic carbocycles. The molecule has 0 aromatic heterocycles. The van der Waals surface area contributed by atoms with Crippen LogP contribution in [0.3, 0.4) is 0 Å². The van der Waals surface area contributed by atoms with Gasteiger partial charge in [-0.2, -0.15) is 23.3 Å². The zero-order valence-electron chi connectivity index (χ0n) is 11.3. The van der Waals surface area contributed by atoms with Gasteiger partial charge in [-0.1, -0.05) is 5.56 Å². The van der Waals surface area contributed by atoms with E-state index in [1.807, 2.05) is 60.7 Å². The molecule has 0 fully saturated rings. The van der Waals surface area contributed by atoms with Gasteiger partial charge in [-0.15, -0.1) is 24.5 Å². The van der Waals surface area contributed by atoms with Crippen LogP contribution in [-0.4, -0.2) is 0 Å². The summed E-state index contributed by atoms with van der Waals surface area (Å²) in [6.45, 7) is 0. The minimum atomic E-state index is 0. The molecule has 0 atom stereocenters. The molecule has 0 bridgehead atoms. The average Bonchev–Trinajstić information content (AvgIpc) is 3.16. The minimum Gasteiger partial charge on any atom is -0.748 e. The van der Waals surface area contributed by atoms with Gasteiger partial charge in [0.05, 0.1) is 6.07 Å². The van der Waals surface area contributed by atoms with Crippen LogP contribution in [-0.2, 0) is 17.1 Å². The molecule has 0 saturated heterocycles. The fraction of sp³-hybridized carbons (Fsp3) is 0.167. The maximum atomic E-state index is 7.97. The Morgan fingerprint density at radius 2 is 1.45 bits per heavy atom. The molecule has 0 unspecified atom stereocenters. The predicted molar refractivity (Wildman–Crippen MR) is 80.3 cm³/mol. The Morgan fingerprint density at radius 3 is 1.75 bits per heavy atom. The van der Waals surface area contributed by atoms with Crippen molar-refractivity contribution >= 4 is 0 Å². The van der Waals surface area contributed by atoms with Crippen molar-refractivity contribution in [2.24, 2.45) is 0 Å². The van der Waals surface area contributed by atoms with Crippen LogP contribution in [0, 0.1) is 36.0 Å². The molecule has 0 aliphatic carbocycles. The molecule has 0 amide bonds. The topological polar surface area (TPSA) is 23.8 Å². The third-order valence-electron chi connectivity index (χ3n) is 1.99. The van der Waals surface area contributed by atoms with Crippen molar-refractivity contribution < 1.29 is 17.1 Å². The van der Waals surface area contributed by atoms with Gasteiger partial charge in [0.15, 0.2) is 0 Å². The zero-order chi connectivity index (χ0) is 14.2. The van der Waals surface area contributed by atoms with Gasteiger partial charge in [-0.05, 0) is 6.42 Å². The van der Waals surface area contributed by atoms with Crippen LogP contribution < -0.4 is 0 Å². The summed E-state index contributed by atoms with van der Waals surface area (Å²) in [5, 5.41) is 7.97.